The number of hydrogen-bond donors (Lipinski definition) is 1. The number of nitrogens with two attached hydrogens (primary N) is 1. The number of aromatic nitrogens is 1. The predicted molar refractivity (Wildman–Crippen MR) is 130 cm³/mol. The number of nitrogens with zero attached hydrogens (tertiary/aromatic N) is 4. The molecule has 0 saturated carbocycles. The molecule has 1 aliphatic rings. The van der Waals surface area contributed by atoms with Gasteiger partial charge in [-0.15, -0.1) is 0 Å². The van der Waals surface area contributed by atoms with E-state index in [9.17, 15) is 14.0 Å². The average Bonchev–Trinajstić information content (AvgIpc) is 2.87. The van der Waals surface area contributed by atoms with Crippen molar-refractivity contribution in [3.05, 3.63) is 96.6 Å². The summed E-state index contributed by atoms with van der Waals surface area (Å²) in [5, 5.41) is 0. The number of anilines is 1. The lowest BCUT2D eigenvalue weighted by molar-refractivity contribution is -0.142. The molecule has 2 heterocycles. The van der Waals surface area contributed by atoms with Gasteiger partial charge in [0.15, 0.2) is 0 Å². The molecule has 2 N–H and O–H groups in total. The van der Waals surface area contributed by atoms with Gasteiger partial charge in [0.1, 0.15) is 11.7 Å². The van der Waals surface area contributed by atoms with Gasteiger partial charge < -0.3 is 15.5 Å². The van der Waals surface area contributed by atoms with Crippen molar-refractivity contribution >= 4 is 34.5 Å². The molecule has 3 aromatic rings. The van der Waals surface area contributed by atoms with Crippen LogP contribution in [0.25, 0.3) is 5.57 Å². The molecule has 1 amide bonds. The first-order valence-electron chi connectivity index (χ1n) is 10.8. The van der Waals surface area contributed by atoms with Gasteiger partial charge in [0.05, 0.1) is 11.9 Å². The fourth-order valence-corrected chi connectivity index (χ4v) is 3.81. The van der Waals surface area contributed by atoms with Crippen molar-refractivity contribution in [1.82, 2.24) is 14.8 Å². The minimum Gasteiger partial charge on any atom is -0.398 e. The predicted octanol–water partition coefficient (Wildman–Crippen LogP) is 3.31. The molecule has 8 heteroatoms. The number of Topliss-reactive ketones (excluding diaryl/α,β-unsaturated/α-hetero) is 1. The molecule has 0 aliphatic carbocycles. The van der Waals surface area contributed by atoms with Crippen molar-refractivity contribution in [2.45, 2.75) is 0 Å². The zero-order valence-corrected chi connectivity index (χ0v) is 18.5. The van der Waals surface area contributed by atoms with Gasteiger partial charge in [0.2, 0.25) is 0 Å². The highest BCUT2D eigenvalue weighted by atomic mass is 19.1. The maximum atomic E-state index is 14.2. The Balaban J connectivity index is 1.49. The third-order valence-electron chi connectivity index (χ3n) is 5.60. The number of nitrogen functional groups attached to an aromatic ring is 1. The molecule has 0 spiro atoms. The van der Waals surface area contributed by atoms with Crippen LogP contribution >= 0.6 is 0 Å². The maximum Gasteiger partial charge on any atom is 0.295 e. The normalized spacial score (nSPS) is 14.1. The molecule has 0 radical (unpaired) electrons. The second-order valence-corrected chi connectivity index (χ2v) is 7.80. The highest BCUT2D eigenvalue weighted by molar-refractivity contribution is 6.53. The third kappa shape index (κ3) is 4.85. The van der Waals surface area contributed by atoms with E-state index in [1.807, 2.05) is 42.5 Å². The Morgan fingerprint density at radius 2 is 1.65 bits per heavy atom. The van der Waals surface area contributed by atoms with Gasteiger partial charge in [-0.2, -0.15) is 0 Å². The van der Waals surface area contributed by atoms with Crippen LogP contribution in [0.5, 0.6) is 0 Å². The van der Waals surface area contributed by atoms with E-state index >= 15 is 0 Å². The summed E-state index contributed by atoms with van der Waals surface area (Å²) < 4.78 is 14.2. The molecule has 4 rings (SSSR count). The Bertz CT molecular complexity index is 1220. The topological polar surface area (TPSA) is 91.9 Å². The van der Waals surface area contributed by atoms with Gasteiger partial charge in [0.25, 0.3) is 11.7 Å². The number of aliphatic imine (C=N–C) groups is 1. The second-order valence-electron chi connectivity index (χ2n) is 7.80. The smallest absolute Gasteiger partial charge is 0.295 e. The molecular formula is C26H24FN5O2. The molecule has 1 fully saturated rings. The number of halogens is 1. The van der Waals surface area contributed by atoms with E-state index in [0.29, 0.717) is 31.9 Å². The Morgan fingerprint density at radius 3 is 2.29 bits per heavy atom. The van der Waals surface area contributed by atoms with Crippen LogP contribution in [0.1, 0.15) is 11.1 Å². The summed E-state index contributed by atoms with van der Waals surface area (Å²) in [6.45, 7) is 5.20. The standard InChI is InChI=1S/C26H24FN5O2/c1-18(23-21(27)10-5-11-22(23)28)24(33)26(34)32-15-13-31(14-16-32)25(19-7-3-2-4-8-19)30-20-9-6-12-29-17-20/h2-12,17H,1,13-16,28H2. The SMILES string of the molecule is C=C(C(=O)C(=O)N1CCN(C(=Nc2cccnc2)c2ccccc2)CC1)c1c(N)cccc1F. The summed E-state index contributed by atoms with van der Waals surface area (Å²) >= 11 is 0. The van der Waals surface area contributed by atoms with Crippen molar-refractivity contribution in [3.8, 4) is 0 Å². The van der Waals surface area contributed by atoms with E-state index in [-0.39, 0.29) is 16.8 Å². The first kappa shape index (κ1) is 22.8. The number of amides is 1. The van der Waals surface area contributed by atoms with Crippen LogP contribution in [0.4, 0.5) is 15.8 Å². The van der Waals surface area contributed by atoms with Crippen molar-refractivity contribution in [2.24, 2.45) is 4.99 Å². The van der Waals surface area contributed by atoms with E-state index in [2.05, 4.69) is 16.5 Å². The van der Waals surface area contributed by atoms with Gasteiger partial charge in [-0.3, -0.25) is 14.6 Å². The van der Waals surface area contributed by atoms with Crippen LogP contribution in [-0.4, -0.2) is 58.5 Å². The van der Waals surface area contributed by atoms with E-state index in [1.165, 1.54) is 23.1 Å². The minimum atomic E-state index is -0.863. The number of rotatable bonds is 5. The summed E-state index contributed by atoms with van der Waals surface area (Å²) in [7, 11) is 0. The van der Waals surface area contributed by atoms with Gasteiger partial charge in [-0.05, 0) is 24.3 Å². The molecule has 1 aliphatic heterocycles. The molecule has 1 aromatic heterocycles. The molecule has 0 unspecified atom stereocenters. The van der Waals surface area contributed by atoms with Crippen LogP contribution in [0.15, 0.2) is 84.6 Å². The third-order valence-corrected chi connectivity index (χ3v) is 5.60. The highest BCUT2D eigenvalue weighted by Crippen LogP contribution is 2.25. The van der Waals surface area contributed by atoms with Crippen molar-refractivity contribution in [3.63, 3.8) is 0 Å². The summed E-state index contributed by atoms with van der Waals surface area (Å²) in [4.78, 5) is 38.1. The number of carbonyl (C=O) groups excluding carboxylic acids is 2. The number of ketones is 1. The maximum absolute atomic E-state index is 14.2. The molecule has 172 valence electrons. The molecule has 34 heavy (non-hydrogen) atoms. The molecular weight excluding hydrogens is 433 g/mol. The number of pyridine rings is 1. The fraction of sp³-hybridized carbons (Fsp3) is 0.154. The Kier molecular flexibility index (Phi) is 6.77. The van der Waals surface area contributed by atoms with Crippen molar-refractivity contribution in [2.75, 3.05) is 31.9 Å². The highest BCUT2D eigenvalue weighted by Gasteiger charge is 2.30. The van der Waals surface area contributed by atoms with Gasteiger partial charge >= 0.3 is 0 Å². The fourth-order valence-electron chi connectivity index (χ4n) is 3.81. The lowest BCUT2D eigenvalue weighted by Crippen LogP contribution is -2.52. The van der Waals surface area contributed by atoms with Crippen LogP contribution < -0.4 is 5.73 Å². The van der Waals surface area contributed by atoms with E-state index in [1.54, 1.807) is 12.4 Å². The molecule has 1 saturated heterocycles. The first-order chi connectivity index (χ1) is 16.5. The Morgan fingerprint density at radius 1 is 0.941 bits per heavy atom. The lowest BCUT2D eigenvalue weighted by atomic mass is 10.00. The number of amidine groups is 1. The quantitative estimate of drug-likeness (QED) is 0.209. The number of benzene rings is 2. The zero-order chi connectivity index (χ0) is 24.1. The summed E-state index contributed by atoms with van der Waals surface area (Å²) in [6, 6.07) is 17.5. The van der Waals surface area contributed by atoms with Crippen LogP contribution in [0.3, 0.4) is 0 Å². The Hall–Kier alpha value is -4.33. The monoisotopic (exact) mass is 457 g/mol. The molecule has 2 aromatic carbocycles. The van der Waals surface area contributed by atoms with Gasteiger partial charge in [-0.1, -0.05) is 43.0 Å². The zero-order valence-electron chi connectivity index (χ0n) is 18.5. The van der Waals surface area contributed by atoms with Crippen LogP contribution in [0.2, 0.25) is 0 Å². The summed E-state index contributed by atoms with van der Waals surface area (Å²) in [6.07, 6.45) is 3.37. The van der Waals surface area contributed by atoms with Crippen molar-refractivity contribution in [1.29, 1.82) is 0 Å². The Labute approximate surface area is 197 Å². The average molecular weight is 458 g/mol. The molecule has 0 bridgehead atoms. The first-order valence-corrected chi connectivity index (χ1v) is 10.8. The molecule has 7 nitrogen and oxygen atoms in total. The summed E-state index contributed by atoms with van der Waals surface area (Å²) in [5.74, 6) is -1.51. The van der Waals surface area contributed by atoms with Crippen molar-refractivity contribution < 1.29 is 14.0 Å². The largest absolute Gasteiger partial charge is 0.398 e. The minimum absolute atomic E-state index is 0.0649. The number of carbonyl (C=O) groups is 2. The van der Waals surface area contributed by atoms with E-state index in [4.69, 9.17) is 10.7 Å². The van der Waals surface area contributed by atoms with Gasteiger partial charge in [-0.25, -0.2) is 9.38 Å². The van der Waals surface area contributed by atoms with E-state index in [0.717, 1.165) is 11.4 Å². The lowest BCUT2D eigenvalue weighted by Gasteiger charge is -2.36. The number of hydrogen-bond acceptors (Lipinski definition) is 5. The van der Waals surface area contributed by atoms with E-state index < -0.39 is 17.5 Å². The second kappa shape index (κ2) is 10.1. The summed E-state index contributed by atoms with van der Waals surface area (Å²) in [5.41, 5.74) is 7.15. The van der Waals surface area contributed by atoms with Crippen LogP contribution in [0, 0.1) is 5.82 Å². The number of piperazine rings is 1. The van der Waals surface area contributed by atoms with Gasteiger partial charge in [0, 0.05) is 54.8 Å². The molecule has 0 atom stereocenters. The van der Waals surface area contributed by atoms with Crippen LogP contribution in [-0.2, 0) is 9.59 Å².